The molecule has 0 spiro atoms. The lowest BCUT2D eigenvalue weighted by Crippen LogP contribution is -2.20. The summed E-state index contributed by atoms with van der Waals surface area (Å²) in [5.74, 6) is -0.0313. The number of aryl methyl sites for hydroxylation is 2. The van der Waals surface area contributed by atoms with Gasteiger partial charge in [-0.1, -0.05) is 13.8 Å². The second kappa shape index (κ2) is 10.2. The van der Waals surface area contributed by atoms with E-state index in [4.69, 9.17) is 4.74 Å². The van der Waals surface area contributed by atoms with Gasteiger partial charge in [-0.05, 0) is 50.1 Å². The van der Waals surface area contributed by atoms with Crippen LogP contribution in [0.5, 0.6) is 11.5 Å². The van der Waals surface area contributed by atoms with E-state index < -0.39 is 11.8 Å². The van der Waals surface area contributed by atoms with Crippen LogP contribution in [0.3, 0.4) is 0 Å². The highest BCUT2D eigenvalue weighted by molar-refractivity contribution is 6.07. The fraction of sp³-hybridized carbons (Fsp3) is 0.350. The summed E-state index contributed by atoms with van der Waals surface area (Å²) in [6.07, 6.45) is 1.53. The molecule has 0 saturated heterocycles. The standard InChI is InChI=1S/C18H21N3O4.C2H6/c1-5-25-12-6-11(3)16(20-9-12)21-18(24)13-8-14(17(23)19-4)15(22)7-10(13)2;1-2/h6-9,22H,5H2,1-4H3,(H,19,23)(H,20,21,24);1-2H3. The molecule has 7 heteroatoms. The lowest BCUT2D eigenvalue weighted by molar-refractivity contribution is 0.0960. The largest absolute Gasteiger partial charge is 0.507 e. The monoisotopic (exact) mass is 373 g/mol. The van der Waals surface area contributed by atoms with E-state index in [-0.39, 0.29) is 16.9 Å². The van der Waals surface area contributed by atoms with Gasteiger partial charge in [0.2, 0.25) is 0 Å². The Morgan fingerprint density at radius 1 is 1.07 bits per heavy atom. The van der Waals surface area contributed by atoms with Crippen LogP contribution in [0.25, 0.3) is 0 Å². The molecule has 0 aliphatic carbocycles. The normalized spacial score (nSPS) is 9.70. The van der Waals surface area contributed by atoms with Crippen LogP contribution in [0, 0.1) is 13.8 Å². The first kappa shape index (κ1) is 22.0. The van der Waals surface area contributed by atoms with E-state index in [0.29, 0.717) is 23.7 Å². The van der Waals surface area contributed by atoms with Crippen molar-refractivity contribution in [1.29, 1.82) is 0 Å². The maximum atomic E-state index is 12.6. The summed E-state index contributed by atoms with van der Waals surface area (Å²) in [6, 6.07) is 4.53. The van der Waals surface area contributed by atoms with Crippen molar-refractivity contribution in [3.8, 4) is 11.5 Å². The van der Waals surface area contributed by atoms with Crippen molar-refractivity contribution in [3.63, 3.8) is 0 Å². The van der Waals surface area contributed by atoms with Crippen LogP contribution >= 0.6 is 0 Å². The Kier molecular flexibility index (Phi) is 8.26. The average Bonchev–Trinajstić information content (AvgIpc) is 2.65. The smallest absolute Gasteiger partial charge is 0.257 e. The fourth-order valence-electron chi connectivity index (χ4n) is 2.35. The van der Waals surface area contributed by atoms with Gasteiger partial charge in [0.25, 0.3) is 11.8 Å². The predicted octanol–water partition coefficient (Wildman–Crippen LogP) is 3.44. The summed E-state index contributed by atoms with van der Waals surface area (Å²) in [6.45, 7) is 9.90. The van der Waals surface area contributed by atoms with Crippen molar-refractivity contribution >= 4 is 17.6 Å². The van der Waals surface area contributed by atoms with E-state index in [2.05, 4.69) is 15.6 Å². The highest BCUT2D eigenvalue weighted by Gasteiger charge is 2.18. The molecule has 0 unspecified atom stereocenters. The van der Waals surface area contributed by atoms with Crippen LogP contribution < -0.4 is 15.4 Å². The minimum Gasteiger partial charge on any atom is -0.507 e. The number of benzene rings is 1. The van der Waals surface area contributed by atoms with E-state index in [0.717, 1.165) is 5.56 Å². The first-order valence-electron chi connectivity index (χ1n) is 8.83. The van der Waals surface area contributed by atoms with Gasteiger partial charge < -0.3 is 20.5 Å². The first-order valence-corrected chi connectivity index (χ1v) is 8.83. The van der Waals surface area contributed by atoms with E-state index in [1.54, 1.807) is 13.0 Å². The molecule has 1 heterocycles. The molecule has 1 aromatic carbocycles. The molecule has 146 valence electrons. The van der Waals surface area contributed by atoms with Crippen molar-refractivity contribution in [1.82, 2.24) is 10.3 Å². The molecule has 2 aromatic rings. The lowest BCUT2D eigenvalue weighted by atomic mass is 10.0. The van der Waals surface area contributed by atoms with Gasteiger partial charge in [-0.15, -0.1) is 0 Å². The number of pyridine rings is 1. The van der Waals surface area contributed by atoms with Crippen molar-refractivity contribution in [2.45, 2.75) is 34.6 Å². The van der Waals surface area contributed by atoms with E-state index in [9.17, 15) is 14.7 Å². The highest BCUT2D eigenvalue weighted by atomic mass is 16.5. The zero-order valence-corrected chi connectivity index (χ0v) is 16.6. The highest BCUT2D eigenvalue weighted by Crippen LogP contribution is 2.24. The topological polar surface area (TPSA) is 101 Å². The van der Waals surface area contributed by atoms with Crippen LogP contribution in [0.4, 0.5) is 5.82 Å². The average molecular weight is 373 g/mol. The Morgan fingerprint density at radius 3 is 2.30 bits per heavy atom. The maximum absolute atomic E-state index is 12.6. The summed E-state index contributed by atoms with van der Waals surface area (Å²) in [7, 11) is 1.45. The summed E-state index contributed by atoms with van der Waals surface area (Å²) in [5.41, 5.74) is 1.62. The molecule has 3 N–H and O–H groups in total. The van der Waals surface area contributed by atoms with Gasteiger partial charge in [0.1, 0.15) is 17.3 Å². The number of hydrogen-bond acceptors (Lipinski definition) is 5. The molecule has 0 saturated carbocycles. The number of ether oxygens (including phenoxy) is 1. The Morgan fingerprint density at radius 2 is 1.74 bits per heavy atom. The Balaban J connectivity index is 0.00000176. The Hall–Kier alpha value is -3.09. The molecule has 2 amide bonds. The van der Waals surface area contributed by atoms with Gasteiger partial charge in [-0.2, -0.15) is 0 Å². The third-order valence-corrected chi connectivity index (χ3v) is 3.66. The van der Waals surface area contributed by atoms with Crippen LogP contribution in [-0.2, 0) is 0 Å². The van der Waals surface area contributed by atoms with Crippen LogP contribution in [0.15, 0.2) is 24.4 Å². The lowest BCUT2D eigenvalue weighted by Gasteiger charge is -2.12. The number of carbonyl (C=O) groups excluding carboxylic acids is 2. The van der Waals surface area contributed by atoms with Gasteiger partial charge in [0.05, 0.1) is 18.4 Å². The van der Waals surface area contributed by atoms with Crippen LogP contribution in [-0.4, -0.2) is 35.6 Å². The first-order chi connectivity index (χ1) is 12.9. The Bertz CT molecular complexity index is 819. The zero-order valence-electron chi connectivity index (χ0n) is 16.6. The number of hydrogen-bond donors (Lipinski definition) is 3. The maximum Gasteiger partial charge on any atom is 0.257 e. The number of nitrogens with zero attached hydrogens (tertiary/aromatic N) is 1. The minimum absolute atomic E-state index is 0.0367. The number of aromatic nitrogens is 1. The number of amides is 2. The third kappa shape index (κ3) is 5.44. The Labute approximate surface area is 159 Å². The van der Waals surface area contributed by atoms with Gasteiger partial charge in [0.15, 0.2) is 0 Å². The number of nitrogens with one attached hydrogen (secondary N) is 2. The second-order valence-electron chi connectivity index (χ2n) is 5.49. The minimum atomic E-state index is -0.470. The molecular weight excluding hydrogens is 346 g/mol. The molecule has 0 radical (unpaired) electrons. The van der Waals surface area contributed by atoms with Gasteiger partial charge in [0, 0.05) is 12.6 Å². The summed E-state index contributed by atoms with van der Waals surface area (Å²) >= 11 is 0. The molecule has 1 aromatic heterocycles. The van der Waals surface area contributed by atoms with Crippen molar-refractivity contribution in [2.24, 2.45) is 0 Å². The van der Waals surface area contributed by atoms with Gasteiger partial charge in [-0.3, -0.25) is 9.59 Å². The molecule has 2 rings (SSSR count). The number of anilines is 1. The fourth-order valence-corrected chi connectivity index (χ4v) is 2.35. The SMILES string of the molecule is CC.CCOc1cnc(NC(=O)c2cc(C(=O)NC)c(O)cc2C)c(C)c1. The van der Waals surface area contributed by atoms with Gasteiger partial charge in [-0.25, -0.2) is 4.98 Å². The second-order valence-corrected chi connectivity index (χ2v) is 5.49. The van der Waals surface area contributed by atoms with E-state index in [1.165, 1.54) is 25.4 Å². The molecule has 7 nitrogen and oxygen atoms in total. The van der Waals surface area contributed by atoms with Gasteiger partial charge >= 0.3 is 0 Å². The molecule has 0 bridgehead atoms. The predicted molar refractivity (Wildman–Crippen MR) is 106 cm³/mol. The molecule has 27 heavy (non-hydrogen) atoms. The molecule has 0 fully saturated rings. The summed E-state index contributed by atoms with van der Waals surface area (Å²) in [4.78, 5) is 28.6. The van der Waals surface area contributed by atoms with Crippen molar-refractivity contribution < 1.29 is 19.4 Å². The zero-order chi connectivity index (χ0) is 20.6. The number of phenols is 1. The molecule has 0 aliphatic rings. The van der Waals surface area contributed by atoms with Crippen LogP contribution in [0.2, 0.25) is 0 Å². The van der Waals surface area contributed by atoms with Crippen LogP contribution in [0.1, 0.15) is 52.6 Å². The molecule has 0 atom stereocenters. The third-order valence-electron chi connectivity index (χ3n) is 3.66. The van der Waals surface area contributed by atoms with E-state index >= 15 is 0 Å². The number of rotatable bonds is 5. The van der Waals surface area contributed by atoms with Crippen molar-refractivity contribution in [2.75, 3.05) is 19.0 Å². The van der Waals surface area contributed by atoms with Crippen molar-refractivity contribution in [3.05, 3.63) is 46.6 Å². The quantitative estimate of drug-likeness (QED) is 0.745. The molecule has 0 aliphatic heterocycles. The number of carbonyl (C=O) groups is 2. The number of aromatic hydroxyl groups is 1. The molecular formula is C20H27N3O4. The number of phenolic OH excluding ortho intramolecular Hbond substituents is 1. The van der Waals surface area contributed by atoms with E-state index in [1.807, 2.05) is 27.7 Å². The summed E-state index contributed by atoms with van der Waals surface area (Å²) < 4.78 is 5.37. The summed E-state index contributed by atoms with van der Waals surface area (Å²) in [5, 5.41) is 15.0.